The maximum Gasteiger partial charge on any atom is 0.249 e. The lowest BCUT2D eigenvalue weighted by Crippen LogP contribution is -2.05. The van der Waals surface area contributed by atoms with Gasteiger partial charge in [-0.15, -0.1) is 0 Å². The van der Waals surface area contributed by atoms with E-state index in [9.17, 15) is 4.79 Å². The number of nitrogens with one attached hydrogen (secondary N) is 1. The van der Waals surface area contributed by atoms with E-state index in [4.69, 9.17) is 5.26 Å². The predicted octanol–water partition coefficient (Wildman–Crippen LogP) is 1.96. The third kappa shape index (κ3) is 1.62. The zero-order valence-electron chi connectivity index (χ0n) is 8.37. The van der Waals surface area contributed by atoms with Crippen molar-refractivity contribution in [2.24, 2.45) is 0 Å². The van der Waals surface area contributed by atoms with Gasteiger partial charge >= 0.3 is 0 Å². The van der Waals surface area contributed by atoms with Crippen LogP contribution in [0.3, 0.4) is 0 Å². The topological polar surface area (TPSA) is 56.6 Å². The number of nitrogens with zero attached hydrogens (tertiary/aromatic N) is 1. The highest BCUT2D eigenvalue weighted by molar-refractivity contribution is 5.84. The molecule has 3 heteroatoms. The van der Waals surface area contributed by atoms with Gasteiger partial charge in [0.1, 0.15) is 6.07 Å². The summed E-state index contributed by atoms with van der Waals surface area (Å²) in [7, 11) is 0. The minimum absolute atomic E-state index is 0.233. The molecule has 15 heavy (non-hydrogen) atoms. The van der Waals surface area contributed by atoms with Crippen LogP contribution in [0.5, 0.6) is 0 Å². The fraction of sp³-hybridized carbons (Fsp3) is 0.167. The summed E-state index contributed by atoms with van der Waals surface area (Å²) in [5.41, 5.74) is 2.08. The van der Waals surface area contributed by atoms with Crippen LogP contribution in [0.1, 0.15) is 18.1 Å². The number of nitriles is 1. The van der Waals surface area contributed by atoms with Crippen molar-refractivity contribution in [3.8, 4) is 6.07 Å². The lowest BCUT2D eigenvalue weighted by Gasteiger charge is -2.02. The summed E-state index contributed by atoms with van der Waals surface area (Å²) in [5.74, 6) is 0. The summed E-state index contributed by atoms with van der Waals surface area (Å²) in [5, 5.41) is 9.74. The lowest BCUT2D eigenvalue weighted by atomic mass is 10.1. The van der Waals surface area contributed by atoms with Crippen molar-refractivity contribution in [3.63, 3.8) is 0 Å². The molecule has 1 N–H and O–H groups in total. The normalized spacial score (nSPS) is 10.1. The second-order valence-corrected chi connectivity index (χ2v) is 3.39. The molecule has 3 nitrogen and oxygen atoms in total. The molecule has 1 heterocycles. The largest absolute Gasteiger partial charge is 0.322 e. The first-order valence-corrected chi connectivity index (χ1v) is 4.80. The van der Waals surface area contributed by atoms with Gasteiger partial charge in [-0.2, -0.15) is 5.26 Å². The predicted molar refractivity (Wildman–Crippen MR) is 58.7 cm³/mol. The summed E-state index contributed by atoms with van der Waals surface area (Å²) < 4.78 is 0. The van der Waals surface area contributed by atoms with Crippen LogP contribution in [0, 0.1) is 11.3 Å². The highest BCUT2D eigenvalue weighted by Crippen LogP contribution is 2.16. The Kier molecular flexibility index (Phi) is 2.26. The summed E-state index contributed by atoms with van der Waals surface area (Å²) in [6.07, 6.45) is 0.917. The number of H-pyrrole nitrogens is 1. The van der Waals surface area contributed by atoms with Crippen molar-refractivity contribution < 1.29 is 0 Å². The third-order valence-electron chi connectivity index (χ3n) is 2.44. The second-order valence-electron chi connectivity index (χ2n) is 3.39. The number of aromatic amines is 1. The third-order valence-corrected chi connectivity index (χ3v) is 2.44. The van der Waals surface area contributed by atoms with Crippen molar-refractivity contribution in [1.82, 2.24) is 4.98 Å². The van der Waals surface area contributed by atoms with E-state index in [-0.39, 0.29) is 5.56 Å². The van der Waals surface area contributed by atoms with Gasteiger partial charge in [0.2, 0.25) is 5.56 Å². The second kappa shape index (κ2) is 3.58. The van der Waals surface area contributed by atoms with E-state index in [1.165, 1.54) is 6.07 Å². The van der Waals surface area contributed by atoms with Crippen LogP contribution in [-0.2, 0) is 6.42 Å². The molecule has 1 aromatic carbocycles. The van der Waals surface area contributed by atoms with Crippen LogP contribution in [0.25, 0.3) is 10.9 Å². The quantitative estimate of drug-likeness (QED) is 0.761. The summed E-state index contributed by atoms with van der Waals surface area (Å²) >= 11 is 0. The first-order valence-electron chi connectivity index (χ1n) is 4.80. The maximum atomic E-state index is 11.2. The van der Waals surface area contributed by atoms with Gasteiger partial charge in [-0.3, -0.25) is 4.79 Å². The number of aromatic nitrogens is 1. The molecule has 0 radical (unpaired) electrons. The zero-order valence-corrected chi connectivity index (χ0v) is 8.37. The smallest absolute Gasteiger partial charge is 0.249 e. The number of pyridine rings is 1. The molecule has 0 aliphatic rings. The number of rotatable bonds is 1. The number of hydrogen-bond acceptors (Lipinski definition) is 2. The molecule has 0 unspecified atom stereocenters. The highest BCUT2D eigenvalue weighted by atomic mass is 16.1. The Morgan fingerprint density at radius 2 is 2.20 bits per heavy atom. The fourth-order valence-electron chi connectivity index (χ4n) is 1.61. The van der Waals surface area contributed by atoms with Crippen LogP contribution < -0.4 is 5.56 Å². The molecule has 2 aromatic rings. The van der Waals surface area contributed by atoms with Gasteiger partial charge < -0.3 is 4.98 Å². The Bertz CT molecular complexity index is 605. The molecular weight excluding hydrogens is 188 g/mol. The summed E-state index contributed by atoms with van der Waals surface area (Å²) in [4.78, 5) is 13.9. The average Bonchev–Trinajstić information content (AvgIpc) is 2.27. The molecule has 1 aromatic heterocycles. The van der Waals surface area contributed by atoms with Crippen molar-refractivity contribution >= 4 is 10.9 Å². The molecule has 0 amide bonds. The first-order chi connectivity index (χ1) is 7.24. The van der Waals surface area contributed by atoms with Crippen molar-refractivity contribution in [1.29, 1.82) is 5.26 Å². The van der Waals surface area contributed by atoms with E-state index < -0.39 is 0 Å². The Balaban J connectivity index is 2.87. The van der Waals surface area contributed by atoms with Crippen LogP contribution in [-0.4, -0.2) is 4.98 Å². The SMILES string of the molecule is CCc1ccc2[nH]c(=O)cc(C#N)c2c1. The Morgan fingerprint density at radius 1 is 1.40 bits per heavy atom. The molecule has 0 aliphatic carbocycles. The molecule has 0 saturated carbocycles. The van der Waals surface area contributed by atoms with E-state index in [0.717, 1.165) is 22.9 Å². The van der Waals surface area contributed by atoms with Gasteiger partial charge in [0, 0.05) is 17.0 Å². The minimum Gasteiger partial charge on any atom is -0.322 e. The van der Waals surface area contributed by atoms with E-state index >= 15 is 0 Å². The zero-order chi connectivity index (χ0) is 10.8. The number of aryl methyl sites for hydroxylation is 1. The Morgan fingerprint density at radius 3 is 2.87 bits per heavy atom. The molecule has 74 valence electrons. The van der Waals surface area contributed by atoms with Crippen molar-refractivity contribution in [3.05, 3.63) is 45.7 Å². The molecule has 0 saturated heterocycles. The molecule has 2 rings (SSSR count). The molecule has 0 atom stereocenters. The number of fused-ring (bicyclic) bond motifs is 1. The van der Waals surface area contributed by atoms with Gasteiger partial charge in [0.05, 0.1) is 5.56 Å². The molecule has 0 bridgehead atoms. The van der Waals surface area contributed by atoms with Gasteiger partial charge in [-0.1, -0.05) is 13.0 Å². The van der Waals surface area contributed by atoms with E-state index in [1.807, 2.05) is 24.3 Å². The number of benzene rings is 1. The van der Waals surface area contributed by atoms with Gasteiger partial charge in [-0.25, -0.2) is 0 Å². The van der Waals surface area contributed by atoms with Gasteiger partial charge in [-0.05, 0) is 24.1 Å². The van der Waals surface area contributed by atoms with Crippen LogP contribution in [0.2, 0.25) is 0 Å². The van der Waals surface area contributed by atoms with E-state index in [0.29, 0.717) is 5.56 Å². The average molecular weight is 198 g/mol. The first kappa shape index (κ1) is 9.47. The Hall–Kier alpha value is -2.08. The summed E-state index contributed by atoms with van der Waals surface area (Å²) in [6.45, 7) is 2.05. The van der Waals surface area contributed by atoms with Crippen LogP contribution >= 0.6 is 0 Å². The van der Waals surface area contributed by atoms with Crippen molar-refractivity contribution in [2.45, 2.75) is 13.3 Å². The van der Waals surface area contributed by atoms with E-state index in [1.54, 1.807) is 0 Å². The van der Waals surface area contributed by atoms with E-state index in [2.05, 4.69) is 11.9 Å². The standard InChI is InChI=1S/C12H10N2O/c1-2-8-3-4-11-10(5-8)9(7-13)6-12(15)14-11/h3-6H,2H2,1H3,(H,14,15). The minimum atomic E-state index is -0.233. The monoisotopic (exact) mass is 198 g/mol. The van der Waals surface area contributed by atoms with Gasteiger partial charge in [0.15, 0.2) is 0 Å². The number of hydrogen-bond donors (Lipinski definition) is 1. The van der Waals surface area contributed by atoms with Crippen LogP contribution in [0.15, 0.2) is 29.1 Å². The Labute approximate surface area is 87.0 Å². The van der Waals surface area contributed by atoms with Gasteiger partial charge in [0.25, 0.3) is 0 Å². The fourth-order valence-corrected chi connectivity index (χ4v) is 1.61. The van der Waals surface area contributed by atoms with Crippen molar-refractivity contribution in [2.75, 3.05) is 0 Å². The summed E-state index contributed by atoms with van der Waals surface area (Å²) in [6, 6.07) is 9.13. The molecule has 0 spiro atoms. The highest BCUT2D eigenvalue weighted by Gasteiger charge is 2.03. The van der Waals surface area contributed by atoms with Crippen LogP contribution in [0.4, 0.5) is 0 Å². The molecular formula is C12H10N2O. The maximum absolute atomic E-state index is 11.2. The molecule has 0 fully saturated rings. The lowest BCUT2D eigenvalue weighted by molar-refractivity contribution is 1.14. The molecule has 0 aliphatic heterocycles.